The molecule has 1 aromatic heterocycles. The predicted octanol–water partition coefficient (Wildman–Crippen LogP) is 2.62. The molecular weight excluding hydrogens is 256 g/mol. The minimum Gasteiger partial charge on any atom is -0.383 e. The van der Waals surface area contributed by atoms with Gasteiger partial charge in [-0.15, -0.1) is 11.3 Å². The van der Waals surface area contributed by atoms with Gasteiger partial charge in [-0.1, -0.05) is 18.2 Å². The van der Waals surface area contributed by atoms with E-state index in [1.807, 2.05) is 11.3 Å². The van der Waals surface area contributed by atoms with Crippen LogP contribution < -0.4 is 10.6 Å². The Hall–Kier alpha value is -0.940. The van der Waals surface area contributed by atoms with Crippen molar-refractivity contribution in [1.29, 1.82) is 0 Å². The number of rotatable bonds is 9. The standard InChI is InChI=1S/C15H22N2OS/c1-18-10-9-16-7-4-8-17-12-14-11-13-5-2-3-6-15(13)19-14/h2-3,5-6,11,16-17H,4,7-10,12H2,1H3. The van der Waals surface area contributed by atoms with Crippen LogP contribution in [0.5, 0.6) is 0 Å². The molecule has 1 heterocycles. The van der Waals surface area contributed by atoms with E-state index in [4.69, 9.17) is 4.74 Å². The minimum absolute atomic E-state index is 0.787. The number of hydrogen-bond acceptors (Lipinski definition) is 4. The lowest BCUT2D eigenvalue weighted by Gasteiger charge is -2.04. The van der Waals surface area contributed by atoms with Gasteiger partial charge in [0.25, 0.3) is 0 Å². The second-order valence-electron chi connectivity index (χ2n) is 4.52. The third kappa shape index (κ3) is 4.91. The molecule has 0 aliphatic heterocycles. The molecule has 3 nitrogen and oxygen atoms in total. The molecule has 19 heavy (non-hydrogen) atoms. The van der Waals surface area contributed by atoms with Crippen LogP contribution in [-0.4, -0.2) is 33.4 Å². The summed E-state index contributed by atoms with van der Waals surface area (Å²) in [4.78, 5) is 1.41. The molecule has 1 aromatic carbocycles. The van der Waals surface area contributed by atoms with E-state index < -0.39 is 0 Å². The van der Waals surface area contributed by atoms with Gasteiger partial charge in [0.15, 0.2) is 0 Å². The normalized spacial score (nSPS) is 11.2. The zero-order chi connectivity index (χ0) is 13.3. The second kappa shape index (κ2) is 8.27. The van der Waals surface area contributed by atoms with E-state index in [2.05, 4.69) is 41.0 Å². The third-order valence-electron chi connectivity index (χ3n) is 2.97. The highest BCUT2D eigenvalue weighted by molar-refractivity contribution is 7.19. The topological polar surface area (TPSA) is 33.3 Å². The van der Waals surface area contributed by atoms with Gasteiger partial charge in [0.1, 0.15) is 0 Å². The van der Waals surface area contributed by atoms with E-state index in [0.29, 0.717) is 0 Å². The maximum absolute atomic E-state index is 4.98. The molecule has 2 N–H and O–H groups in total. The molecule has 2 aromatic rings. The Morgan fingerprint density at radius 3 is 2.79 bits per heavy atom. The molecule has 0 aliphatic rings. The Labute approximate surface area is 119 Å². The van der Waals surface area contributed by atoms with Crippen molar-refractivity contribution in [2.75, 3.05) is 33.4 Å². The summed E-state index contributed by atoms with van der Waals surface area (Å²) < 4.78 is 6.35. The predicted molar refractivity (Wildman–Crippen MR) is 82.9 cm³/mol. The van der Waals surface area contributed by atoms with Gasteiger partial charge in [-0.3, -0.25) is 0 Å². The maximum atomic E-state index is 4.98. The summed E-state index contributed by atoms with van der Waals surface area (Å²) in [6.07, 6.45) is 1.15. The van der Waals surface area contributed by atoms with Crippen LogP contribution in [0.15, 0.2) is 30.3 Å². The van der Waals surface area contributed by atoms with E-state index >= 15 is 0 Å². The van der Waals surface area contributed by atoms with Crippen LogP contribution in [0.2, 0.25) is 0 Å². The van der Waals surface area contributed by atoms with E-state index in [1.54, 1.807) is 7.11 Å². The lowest BCUT2D eigenvalue weighted by molar-refractivity contribution is 0.199. The zero-order valence-corrected chi connectivity index (χ0v) is 12.3. The Kier molecular flexibility index (Phi) is 6.30. The molecule has 0 spiro atoms. The van der Waals surface area contributed by atoms with Crippen LogP contribution in [0, 0.1) is 0 Å². The van der Waals surface area contributed by atoms with Gasteiger partial charge in [-0.25, -0.2) is 0 Å². The highest BCUT2D eigenvalue weighted by Gasteiger charge is 2.00. The van der Waals surface area contributed by atoms with Gasteiger partial charge in [-0.2, -0.15) is 0 Å². The number of thiophene rings is 1. The van der Waals surface area contributed by atoms with Gasteiger partial charge >= 0.3 is 0 Å². The molecule has 0 saturated heterocycles. The average molecular weight is 278 g/mol. The fourth-order valence-electron chi connectivity index (χ4n) is 1.97. The van der Waals surface area contributed by atoms with Crippen molar-refractivity contribution in [2.24, 2.45) is 0 Å². The quantitative estimate of drug-likeness (QED) is 0.692. The first kappa shape index (κ1) is 14.5. The monoisotopic (exact) mass is 278 g/mol. The van der Waals surface area contributed by atoms with Crippen LogP contribution in [0.25, 0.3) is 10.1 Å². The molecule has 0 saturated carbocycles. The summed E-state index contributed by atoms with van der Waals surface area (Å²) in [5, 5.41) is 8.19. The largest absolute Gasteiger partial charge is 0.383 e. The van der Waals surface area contributed by atoms with Gasteiger partial charge in [0, 0.05) is 29.8 Å². The number of fused-ring (bicyclic) bond motifs is 1. The molecule has 4 heteroatoms. The number of ether oxygens (including phenoxy) is 1. The molecule has 0 amide bonds. The first-order valence-electron chi connectivity index (χ1n) is 6.78. The van der Waals surface area contributed by atoms with Crippen molar-refractivity contribution in [1.82, 2.24) is 10.6 Å². The highest BCUT2D eigenvalue weighted by atomic mass is 32.1. The van der Waals surface area contributed by atoms with Crippen molar-refractivity contribution in [3.8, 4) is 0 Å². The smallest absolute Gasteiger partial charge is 0.0587 e. The number of nitrogens with one attached hydrogen (secondary N) is 2. The van der Waals surface area contributed by atoms with Gasteiger partial charge in [0.05, 0.1) is 6.61 Å². The lowest BCUT2D eigenvalue weighted by Crippen LogP contribution is -2.24. The lowest BCUT2D eigenvalue weighted by atomic mass is 10.2. The van der Waals surface area contributed by atoms with Crippen LogP contribution >= 0.6 is 11.3 Å². The van der Waals surface area contributed by atoms with E-state index in [9.17, 15) is 0 Å². The summed E-state index contributed by atoms with van der Waals surface area (Å²) in [6.45, 7) is 4.79. The maximum Gasteiger partial charge on any atom is 0.0587 e. The van der Waals surface area contributed by atoms with Gasteiger partial charge in [-0.05, 0) is 37.0 Å². The Morgan fingerprint density at radius 1 is 1.11 bits per heavy atom. The van der Waals surface area contributed by atoms with Crippen molar-refractivity contribution in [3.05, 3.63) is 35.2 Å². The summed E-state index contributed by atoms with van der Waals surface area (Å²) >= 11 is 1.88. The molecular formula is C15H22N2OS. The Bertz CT molecular complexity index is 451. The second-order valence-corrected chi connectivity index (χ2v) is 5.69. The molecule has 0 radical (unpaired) electrons. The molecule has 0 unspecified atom stereocenters. The first-order chi connectivity index (χ1) is 9.40. The van der Waals surface area contributed by atoms with E-state index in [0.717, 1.165) is 39.2 Å². The summed E-state index contributed by atoms with van der Waals surface area (Å²) in [6, 6.07) is 10.8. The van der Waals surface area contributed by atoms with Crippen LogP contribution in [-0.2, 0) is 11.3 Å². The highest BCUT2D eigenvalue weighted by Crippen LogP contribution is 2.24. The van der Waals surface area contributed by atoms with Crippen LogP contribution in [0.3, 0.4) is 0 Å². The van der Waals surface area contributed by atoms with Gasteiger partial charge < -0.3 is 15.4 Å². The number of benzene rings is 1. The van der Waals surface area contributed by atoms with Gasteiger partial charge in [0.2, 0.25) is 0 Å². The first-order valence-corrected chi connectivity index (χ1v) is 7.59. The van der Waals surface area contributed by atoms with Crippen molar-refractivity contribution < 1.29 is 4.74 Å². The fraction of sp³-hybridized carbons (Fsp3) is 0.467. The third-order valence-corrected chi connectivity index (χ3v) is 4.08. The van der Waals surface area contributed by atoms with Crippen LogP contribution in [0.4, 0.5) is 0 Å². The number of hydrogen-bond donors (Lipinski definition) is 2. The Morgan fingerprint density at radius 2 is 1.95 bits per heavy atom. The molecule has 2 rings (SSSR count). The molecule has 0 atom stereocenters. The van der Waals surface area contributed by atoms with Crippen molar-refractivity contribution in [2.45, 2.75) is 13.0 Å². The Balaban J connectivity index is 1.60. The molecule has 104 valence electrons. The van der Waals surface area contributed by atoms with E-state index in [-0.39, 0.29) is 0 Å². The fourth-order valence-corrected chi connectivity index (χ4v) is 3.01. The molecule has 0 bridgehead atoms. The van der Waals surface area contributed by atoms with E-state index in [1.165, 1.54) is 15.0 Å². The zero-order valence-electron chi connectivity index (χ0n) is 11.4. The minimum atomic E-state index is 0.787. The summed E-state index contributed by atoms with van der Waals surface area (Å²) in [5.74, 6) is 0. The average Bonchev–Trinajstić information content (AvgIpc) is 2.84. The summed E-state index contributed by atoms with van der Waals surface area (Å²) in [5.41, 5.74) is 0. The SMILES string of the molecule is COCCNCCCNCc1cc2ccccc2s1. The summed E-state index contributed by atoms with van der Waals surface area (Å²) in [7, 11) is 1.73. The van der Waals surface area contributed by atoms with Crippen molar-refractivity contribution >= 4 is 21.4 Å². The number of methoxy groups -OCH3 is 1. The molecule has 0 fully saturated rings. The van der Waals surface area contributed by atoms with Crippen LogP contribution in [0.1, 0.15) is 11.3 Å². The van der Waals surface area contributed by atoms with Crippen molar-refractivity contribution in [3.63, 3.8) is 0 Å². The molecule has 0 aliphatic carbocycles.